The number of ether oxygens (including phenoxy) is 1. The molecule has 1 heterocycles. The van der Waals surface area contributed by atoms with Crippen molar-refractivity contribution in [2.45, 2.75) is 6.92 Å². The molecular formula is C11H12ClN3O3. The third-order valence-corrected chi connectivity index (χ3v) is 2.02. The van der Waals surface area contributed by atoms with Gasteiger partial charge in [-0.2, -0.15) is 0 Å². The molecule has 0 radical (unpaired) electrons. The minimum Gasteiger partial charge on any atom is -0.463 e. The Morgan fingerprint density at radius 3 is 2.94 bits per heavy atom. The van der Waals surface area contributed by atoms with Gasteiger partial charge in [0.15, 0.2) is 5.82 Å². The van der Waals surface area contributed by atoms with E-state index in [2.05, 4.69) is 20.6 Å². The van der Waals surface area contributed by atoms with E-state index in [4.69, 9.17) is 11.6 Å². The fourth-order valence-electron chi connectivity index (χ4n) is 0.974. The standard InChI is InChI=1S/C11H12ClN3O3/c1-2-18-10(17)6-5-9(16)14-15-11-8(12)4-3-7-13-11/h3-7H,2H2,1H3,(H,13,15)(H,14,16). The molecule has 18 heavy (non-hydrogen) atoms. The number of esters is 1. The largest absolute Gasteiger partial charge is 0.463 e. The molecule has 7 heteroatoms. The van der Waals surface area contributed by atoms with Gasteiger partial charge in [-0.1, -0.05) is 11.6 Å². The van der Waals surface area contributed by atoms with Gasteiger partial charge in [0.1, 0.15) is 0 Å². The first-order chi connectivity index (χ1) is 8.63. The molecule has 0 aliphatic heterocycles. The second-order valence-electron chi connectivity index (χ2n) is 3.03. The van der Waals surface area contributed by atoms with Crippen molar-refractivity contribution in [1.82, 2.24) is 10.4 Å². The van der Waals surface area contributed by atoms with Gasteiger partial charge in [0.2, 0.25) is 0 Å². The zero-order chi connectivity index (χ0) is 13.4. The molecular weight excluding hydrogens is 258 g/mol. The number of rotatable bonds is 5. The Morgan fingerprint density at radius 2 is 2.28 bits per heavy atom. The van der Waals surface area contributed by atoms with E-state index >= 15 is 0 Å². The van der Waals surface area contributed by atoms with Gasteiger partial charge in [0.25, 0.3) is 5.91 Å². The highest BCUT2D eigenvalue weighted by Crippen LogP contribution is 2.15. The highest BCUT2D eigenvalue weighted by molar-refractivity contribution is 6.32. The van der Waals surface area contributed by atoms with Gasteiger partial charge in [0, 0.05) is 18.3 Å². The van der Waals surface area contributed by atoms with E-state index in [1.165, 1.54) is 6.20 Å². The van der Waals surface area contributed by atoms with Crippen LogP contribution in [0.15, 0.2) is 30.5 Å². The van der Waals surface area contributed by atoms with Crippen LogP contribution < -0.4 is 10.9 Å². The van der Waals surface area contributed by atoms with Crippen molar-refractivity contribution < 1.29 is 14.3 Å². The molecule has 0 bridgehead atoms. The smallest absolute Gasteiger partial charge is 0.330 e. The maximum absolute atomic E-state index is 11.3. The normalized spacial score (nSPS) is 10.1. The van der Waals surface area contributed by atoms with Crippen LogP contribution >= 0.6 is 11.6 Å². The zero-order valence-electron chi connectivity index (χ0n) is 9.64. The van der Waals surface area contributed by atoms with E-state index in [-0.39, 0.29) is 6.61 Å². The summed E-state index contributed by atoms with van der Waals surface area (Å²) in [6, 6.07) is 3.29. The van der Waals surface area contributed by atoms with Gasteiger partial charge in [0.05, 0.1) is 11.6 Å². The van der Waals surface area contributed by atoms with Crippen molar-refractivity contribution in [2.24, 2.45) is 0 Å². The van der Waals surface area contributed by atoms with Gasteiger partial charge in [-0.3, -0.25) is 15.6 Å². The topological polar surface area (TPSA) is 80.3 Å². The molecule has 0 spiro atoms. The Morgan fingerprint density at radius 1 is 1.50 bits per heavy atom. The van der Waals surface area contributed by atoms with E-state index in [0.29, 0.717) is 10.8 Å². The van der Waals surface area contributed by atoms with Crippen molar-refractivity contribution in [3.05, 3.63) is 35.5 Å². The Kier molecular flexibility index (Phi) is 5.66. The number of aromatic nitrogens is 1. The maximum Gasteiger partial charge on any atom is 0.330 e. The SMILES string of the molecule is CCOC(=O)C=CC(=O)NNc1ncccc1Cl. The van der Waals surface area contributed by atoms with Crippen LogP contribution in [0.4, 0.5) is 5.82 Å². The third-order valence-electron chi connectivity index (χ3n) is 1.72. The summed E-state index contributed by atoms with van der Waals surface area (Å²) in [6.07, 6.45) is 3.59. The molecule has 0 atom stereocenters. The second kappa shape index (κ2) is 7.29. The summed E-state index contributed by atoms with van der Waals surface area (Å²) in [5.74, 6) is -0.787. The molecule has 1 amide bonds. The first-order valence-corrected chi connectivity index (χ1v) is 5.52. The average molecular weight is 270 g/mol. The van der Waals surface area contributed by atoms with Crippen LogP contribution in [0.2, 0.25) is 5.02 Å². The van der Waals surface area contributed by atoms with Crippen molar-refractivity contribution >= 4 is 29.3 Å². The number of hydrazine groups is 1. The van der Waals surface area contributed by atoms with Gasteiger partial charge in [-0.15, -0.1) is 0 Å². The third kappa shape index (κ3) is 4.84. The maximum atomic E-state index is 11.3. The fourth-order valence-corrected chi connectivity index (χ4v) is 1.14. The van der Waals surface area contributed by atoms with Gasteiger partial charge in [-0.05, 0) is 19.1 Å². The lowest BCUT2D eigenvalue weighted by molar-refractivity contribution is -0.137. The average Bonchev–Trinajstić information content (AvgIpc) is 2.36. The van der Waals surface area contributed by atoms with Crippen molar-refractivity contribution in [2.75, 3.05) is 12.0 Å². The number of hydrogen-bond acceptors (Lipinski definition) is 5. The molecule has 0 saturated heterocycles. The summed E-state index contributed by atoms with van der Waals surface area (Å²) >= 11 is 5.81. The lowest BCUT2D eigenvalue weighted by Crippen LogP contribution is -2.28. The van der Waals surface area contributed by atoms with E-state index in [1.807, 2.05) is 0 Å². The molecule has 1 rings (SSSR count). The summed E-state index contributed by atoms with van der Waals surface area (Å²) in [6.45, 7) is 1.93. The molecule has 0 fully saturated rings. The molecule has 1 aromatic heterocycles. The minimum absolute atomic E-state index is 0.257. The summed E-state index contributed by atoms with van der Waals surface area (Å²) in [5.41, 5.74) is 4.83. The van der Waals surface area contributed by atoms with Crippen LogP contribution in [0.1, 0.15) is 6.92 Å². The molecule has 0 unspecified atom stereocenters. The van der Waals surface area contributed by atoms with Crippen molar-refractivity contribution in [3.8, 4) is 0 Å². The number of pyridine rings is 1. The van der Waals surface area contributed by atoms with Crippen LogP contribution in [-0.2, 0) is 14.3 Å². The quantitative estimate of drug-likeness (QED) is 0.478. The van der Waals surface area contributed by atoms with Crippen LogP contribution in [0.5, 0.6) is 0 Å². The first-order valence-electron chi connectivity index (χ1n) is 5.14. The lowest BCUT2D eigenvalue weighted by atomic mass is 10.4. The number of anilines is 1. The summed E-state index contributed by atoms with van der Waals surface area (Å²) in [4.78, 5) is 26.1. The Balaban J connectivity index is 2.42. The number of nitrogens with one attached hydrogen (secondary N) is 2. The summed E-state index contributed by atoms with van der Waals surface area (Å²) in [7, 11) is 0. The number of halogens is 1. The van der Waals surface area contributed by atoms with E-state index in [0.717, 1.165) is 12.2 Å². The van der Waals surface area contributed by atoms with E-state index < -0.39 is 11.9 Å². The van der Waals surface area contributed by atoms with Crippen LogP contribution in [0, 0.1) is 0 Å². The van der Waals surface area contributed by atoms with E-state index in [9.17, 15) is 9.59 Å². The number of hydrogen-bond donors (Lipinski definition) is 2. The predicted molar refractivity (Wildman–Crippen MR) is 66.8 cm³/mol. The second-order valence-corrected chi connectivity index (χ2v) is 3.44. The highest BCUT2D eigenvalue weighted by Gasteiger charge is 2.01. The first kappa shape index (κ1) is 14.0. The Bertz CT molecular complexity index is 463. The molecule has 96 valence electrons. The molecule has 6 nitrogen and oxygen atoms in total. The minimum atomic E-state index is -0.580. The van der Waals surface area contributed by atoms with Gasteiger partial charge in [-0.25, -0.2) is 9.78 Å². The molecule has 0 aliphatic rings. The van der Waals surface area contributed by atoms with Crippen molar-refractivity contribution in [1.29, 1.82) is 0 Å². The predicted octanol–water partition coefficient (Wildman–Crippen LogP) is 1.30. The number of amides is 1. The molecule has 1 aromatic rings. The molecule has 0 saturated carbocycles. The number of carbonyl (C=O) groups excluding carboxylic acids is 2. The lowest BCUT2D eigenvalue weighted by Gasteiger charge is -2.06. The van der Waals surface area contributed by atoms with Gasteiger partial charge < -0.3 is 4.74 Å². The molecule has 2 N–H and O–H groups in total. The van der Waals surface area contributed by atoms with Crippen LogP contribution in [0.3, 0.4) is 0 Å². The Hall–Kier alpha value is -2.08. The molecule has 0 aromatic carbocycles. The summed E-state index contributed by atoms with van der Waals surface area (Å²) in [5, 5.41) is 0.368. The monoisotopic (exact) mass is 269 g/mol. The van der Waals surface area contributed by atoms with Crippen LogP contribution in [-0.4, -0.2) is 23.5 Å². The van der Waals surface area contributed by atoms with Crippen molar-refractivity contribution in [3.63, 3.8) is 0 Å². The van der Waals surface area contributed by atoms with Gasteiger partial charge >= 0.3 is 5.97 Å². The Labute approximate surface area is 109 Å². The van der Waals surface area contributed by atoms with E-state index in [1.54, 1.807) is 19.1 Å². The summed E-state index contributed by atoms with van der Waals surface area (Å²) < 4.78 is 4.61. The highest BCUT2D eigenvalue weighted by atomic mass is 35.5. The van der Waals surface area contributed by atoms with Crippen LogP contribution in [0.25, 0.3) is 0 Å². The molecule has 0 aliphatic carbocycles. The zero-order valence-corrected chi connectivity index (χ0v) is 10.4. The number of carbonyl (C=O) groups is 2. The fraction of sp³-hybridized carbons (Fsp3) is 0.182. The number of nitrogens with zero attached hydrogens (tertiary/aromatic N) is 1.